The Morgan fingerprint density at radius 1 is 1.04 bits per heavy atom. The second-order valence-electron chi connectivity index (χ2n) is 6.90. The van der Waals surface area contributed by atoms with Crippen molar-refractivity contribution in [1.82, 2.24) is 10.0 Å². The number of hydrogen-bond donors (Lipinski definition) is 3. The SMILES string of the molecule is O=C(Nc1c2c(cc3c1CCC3)CCC2)NS(=O)(=O)CCNCC(F)(F)F. The van der Waals surface area contributed by atoms with E-state index in [1.165, 1.54) is 11.1 Å². The third-order valence-corrected chi connectivity index (χ3v) is 6.07. The lowest BCUT2D eigenvalue weighted by atomic mass is 9.99. The molecule has 150 valence electrons. The first-order valence-corrected chi connectivity index (χ1v) is 10.6. The van der Waals surface area contributed by atoms with Crippen LogP contribution in [0.3, 0.4) is 0 Å². The highest BCUT2D eigenvalue weighted by Gasteiger charge is 2.27. The molecule has 0 radical (unpaired) electrons. The molecule has 2 aliphatic rings. The predicted molar refractivity (Wildman–Crippen MR) is 95.4 cm³/mol. The molecule has 2 aliphatic carbocycles. The van der Waals surface area contributed by atoms with Crippen LogP contribution in [0.15, 0.2) is 6.07 Å². The monoisotopic (exact) mass is 405 g/mol. The molecule has 0 heterocycles. The van der Waals surface area contributed by atoms with E-state index in [4.69, 9.17) is 0 Å². The van der Waals surface area contributed by atoms with Crippen LogP contribution in [0.1, 0.15) is 35.1 Å². The van der Waals surface area contributed by atoms with Gasteiger partial charge in [-0.3, -0.25) is 0 Å². The molecule has 0 fully saturated rings. The molecule has 0 aromatic heterocycles. The number of nitrogens with one attached hydrogen (secondary N) is 3. The van der Waals surface area contributed by atoms with E-state index < -0.39 is 41.1 Å². The number of anilines is 1. The van der Waals surface area contributed by atoms with Crippen LogP contribution in [0.4, 0.5) is 23.7 Å². The van der Waals surface area contributed by atoms with Gasteiger partial charge in [0.15, 0.2) is 0 Å². The largest absolute Gasteiger partial charge is 0.401 e. The number of benzene rings is 1. The van der Waals surface area contributed by atoms with E-state index in [9.17, 15) is 26.4 Å². The number of alkyl halides is 3. The molecule has 0 aliphatic heterocycles. The summed E-state index contributed by atoms with van der Waals surface area (Å²) in [6, 6.07) is 1.32. The Morgan fingerprint density at radius 2 is 1.63 bits per heavy atom. The van der Waals surface area contributed by atoms with Gasteiger partial charge in [0.2, 0.25) is 10.0 Å². The number of urea groups is 1. The standard InChI is InChI=1S/C17H22F3N3O3S/c18-17(19,20)10-21-7-8-27(25,26)23-16(24)22-15-13-5-1-3-11(13)9-12-4-2-6-14(12)15/h9,21H,1-8,10H2,(H2,22,23,24). The third kappa shape index (κ3) is 5.13. The van der Waals surface area contributed by atoms with Gasteiger partial charge in [0, 0.05) is 12.2 Å². The fraction of sp³-hybridized carbons (Fsp3) is 0.588. The Hall–Kier alpha value is -1.81. The molecule has 10 heteroatoms. The molecule has 0 atom stereocenters. The zero-order valence-corrected chi connectivity index (χ0v) is 15.5. The molecule has 0 saturated carbocycles. The lowest BCUT2D eigenvalue weighted by Gasteiger charge is -2.16. The van der Waals surface area contributed by atoms with E-state index >= 15 is 0 Å². The van der Waals surface area contributed by atoms with Crippen molar-refractivity contribution >= 4 is 21.7 Å². The summed E-state index contributed by atoms with van der Waals surface area (Å²) in [5, 5.41) is 4.68. The highest BCUT2D eigenvalue weighted by Crippen LogP contribution is 2.38. The van der Waals surface area contributed by atoms with Gasteiger partial charge in [-0.2, -0.15) is 13.2 Å². The number of fused-ring (bicyclic) bond motifs is 2. The summed E-state index contributed by atoms with van der Waals surface area (Å²) in [5.41, 5.74) is 5.24. The molecule has 1 aromatic rings. The van der Waals surface area contributed by atoms with Gasteiger partial charge in [0.05, 0.1) is 12.3 Å². The Balaban J connectivity index is 1.62. The number of sulfonamides is 1. The molecule has 6 nitrogen and oxygen atoms in total. The minimum absolute atomic E-state index is 0.405. The summed E-state index contributed by atoms with van der Waals surface area (Å²) in [6.45, 7) is -1.69. The maximum atomic E-state index is 12.2. The first kappa shape index (κ1) is 19.9. The molecular weight excluding hydrogens is 383 g/mol. The van der Waals surface area contributed by atoms with Crippen LogP contribution < -0.4 is 15.4 Å². The minimum atomic E-state index is -4.41. The third-order valence-electron chi connectivity index (χ3n) is 4.83. The van der Waals surface area contributed by atoms with Crippen LogP contribution in [-0.2, 0) is 35.7 Å². The van der Waals surface area contributed by atoms with Crippen LogP contribution in [0, 0.1) is 0 Å². The first-order valence-electron chi connectivity index (χ1n) is 8.90. The number of halogens is 3. The zero-order valence-electron chi connectivity index (χ0n) is 14.7. The van der Waals surface area contributed by atoms with Crippen LogP contribution in [0.5, 0.6) is 0 Å². The van der Waals surface area contributed by atoms with E-state index in [-0.39, 0.29) is 0 Å². The van der Waals surface area contributed by atoms with Crippen molar-refractivity contribution < 1.29 is 26.4 Å². The van der Waals surface area contributed by atoms with Gasteiger partial charge in [-0.15, -0.1) is 0 Å². The fourth-order valence-electron chi connectivity index (χ4n) is 3.74. The zero-order chi connectivity index (χ0) is 19.7. The van der Waals surface area contributed by atoms with Crippen LogP contribution in [0.2, 0.25) is 0 Å². The summed E-state index contributed by atoms with van der Waals surface area (Å²) < 4.78 is 61.9. The average molecular weight is 405 g/mol. The molecule has 3 rings (SSSR count). The molecule has 3 N–H and O–H groups in total. The summed E-state index contributed by atoms with van der Waals surface area (Å²) in [5.74, 6) is -0.624. The van der Waals surface area contributed by atoms with Crippen LogP contribution in [0.25, 0.3) is 0 Å². The number of aryl methyl sites for hydroxylation is 2. The second kappa shape index (κ2) is 7.67. The summed E-state index contributed by atoms with van der Waals surface area (Å²) >= 11 is 0. The number of rotatable bonds is 6. The van der Waals surface area contributed by atoms with E-state index in [2.05, 4.69) is 11.4 Å². The quantitative estimate of drug-likeness (QED) is 0.634. The van der Waals surface area contributed by atoms with E-state index in [0.717, 1.165) is 49.7 Å². The van der Waals surface area contributed by atoms with Gasteiger partial charge in [0.25, 0.3) is 0 Å². The molecule has 0 spiro atoms. The highest BCUT2D eigenvalue weighted by atomic mass is 32.2. The van der Waals surface area contributed by atoms with Crippen molar-refractivity contribution in [2.45, 2.75) is 44.7 Å². The van der Waals surface area contributed by atoms with Gasteiger partial charge >= 0.3 is 12.2 Å². The molecule has 0 saturated heterocycles. The van der Waals surface area contributed by atoms with Crippen molar-refractivity contribution in [3.8, 4) is 0 Å². The van der Waals surface area contributed by atoms with Gasteiger partial charge in [-0.05, 0) is 60.8 Å². The Labute approximate surface area is 156 Å². The average Bonchev–Trinajstić information content (AvgIpc) is 3.18. The lowest BCUT2D eigenvalue weighted by Crippen LogP contribution is -2.40. The Kier molecular flexibility index (Phi) is 5.66. The van der Waals surface area contributed by atoms with Crippen molar-refractivity contribution in [2.24, 2.45) is 0 Å². The van der Waals surface area contributed by atoms with Gasteiger partial charge in [-0.25, -0.2) is 17.9 Å². The topological polar surface area (TPSA) is 87.3 Å². The van der Waals surface area contributed by atoms with Gasteiger partial charge in [-0.1, -0.05) is 6.07 Å². The van der Waals surface area contributed by atoms with E-state index in [1.54, 1.807) is 0 Å². The van der Waals surface area contributed by atoms with Crippen LogP contribution in [-0.4, -0.2) is 39.5 Å². The molecule has 0 unspecified atom stereocenters. The van der Waals surface area contributed by atoms with Gasteiger partial charge in [0.1, 0.15) is 0 Å². The first-order chi connectivity index (χ1) is 12.6. The molecule has 2 amide bonds. The highest BCUT2D eigenvalue weighted by molar-refractivity contribution is 7.90. The fourth-order valence-corrected chi connectivity index (χ4v) is 4.58. The number of hydrogen-bond acceptors (Lipinski definition) is 4. The summed E-state index contributed by atoms with van der Waals surface area (Å²) in [4.78, 5) is 12.2. The minimum Gasteiger partial charge on any atom is -0.308 e. The maximum absolute atomic E-state index is 12.2. The van der Waals surface area contributed by atoms with Crippen molar-refractivity contribution in [3.63, 3.8) is 0 Å². The molecule has 27 heavy (non-hydrogen) atoms. The molecular formula is C17H22F3N3O3S. The van der Waals surface area contributed by atoms with Crippen molar-refractivity contribution in [3.05, 3.63) is 28.3 Å². The van der Waals surface area contributed by atoms with Crippen molar-refractivity contribution in [2.75, 3.05) is 24.2 Å². The van der Waals surface area contributed by atoms with Crippen molar-refractivity contribution in [1.29, 1.82) is 0 Å². The number of carbonyl (C=O) groups is 1. The Morgan fingerprint density at radius 3 is 2.19 bits per heavy atom. The van der Waals surface area contributed by atoms with Gasteiger partial charge < -0.3 is 10.6 Å². The molecule has 0 bridgehead atoms. The number of amides is 2. The van der Waals surface area contributed by atoms with E-state index in [1.807, 2.05) is 10.0 Å². The van der Waals surface area contributed by atoms with Crippen LogP contribution >= 0.6 is 0 Å². The van der Waals surface area contributed by atoms with E-state index in [0.29, 0.717) is 5.69 Å². The predicted octanol–water partition coefficient (Wildman–Crippen LogP) is 2.27. The smallest absolute Gasteiger partial charge is 0.308 e. The summed E-state index contributed by atoms with van der Waals surface area (Å²) in [7, 11) is -4.04. The normalized spacial score (nSPS) is 16.1. The number of carbonyl (C=O) groups excluding carboxylic acids is 1. The second-order valence-corrected chi connectivity index (χ2v) is 8.74. The lowest BCUT2D eigenvalue weighted by molar-refractivity contribution is -0.124. The molecule has 1 aromatic carbocycles. The summed E-state index contributed by atoms with van der Waals surface area (Å²) in [6.07, 6.45) is 1.15. The maximum Gasteiger partial charge on any atom is 0.401 e. The Bertz CT molecular complexity index is 806.